The smallest absolute Gasteiger partial charge is 0.272 e. The van der Waals surface area contributed by atoms with Crippen LogP contribution in [0.1, 0.15) is 30.3 Å². The molecule has 0 radical (unpaired) electrons. The van der Waals surface area contributed by atoms with E-state index in [1.165, 1.54) is 0 Å². The number of piperidine rings is 1. The molecule has 92 valence electrons. The number of hydrogen-bond donors (Lipinski definition) is 1. The van der Waals surface area contributed by atoms with Crippen molar-refractivity contribution >= 4 is 5.91 Å². The summed E-state index contributed by atoms with van der Waals surface area (Å²) in [5.74, 6) is 0.160. The Kier molecular flexibility index (Phi) is 3.74. The molecule has 1 amide bonds. The van der Waals surface area contributed by atoms with E-state index >= 15 is 0 Å². The molecule has 0 bridgehead atoms. The van der Waals surface area contributed by atoms with E-state index in [2.05, 4.69) is 4.98 Å². The number of pyridine rings is 1. The summed E-state index contributed by atoms with van der Waals surface area (Å²) in [5, 5.41) is 9.59. The summed E-state index contributed by atoms with van der Waals surface area (Å²) in [6, 6.07) is 5.34. The number of amides is 1. The Labute approximate surface area is 101 Å². The first-order valence-electron chi connectivity index (χ1n) is 6.07. The van der Waals surface area contributed by atoms with E-state index in [1.807, 2.05) is 6.07 Å². The maximum Gasteiger partial charge on any atom is 0.272 e. The number of carbonyl (C=O) groups is 1. The Balaban J connectivity index is 2.05. The monoisotopic (exact) mass is 234 g/mol. The number of rotatable bonds is 2. The van der Waals surface area contributed by atoms with Crippen LogP contribution in [0.4, 0.5) is 0 Å². The highest BCUT2D eigenvalue weighted by atomic mass is 16.3. The average Bonchev–Trinajstić information content (AvgIpc) is 2.39. The van der Waals surface area contributed by atoms with Crippen LogP contribution in [-0.4, -0.2) is 40.1 Å². The molecule has 1 aromatic rings. The van der Waals surface area contributed by atoms with E-state index in [-0.39, 0.29) is 17.9 Å². The minimum atomic E-state index is -0.352. The van der Waals surface area contributed by atoms with Gasteiger partial charge in [-0.2, -0.15) is 0 Å². The van der Waals surface area contributed by atoms with Gasteiger partial charge in [0.1, 0.15) is 5.69 Å². The summed E-state index contributed by atoms with van der Waals surface area (Å²) < 4.78 is 0. The van der Waals surface area contributed by atoms with Gasteiger partial charge in [-0.15, -0.1) is 0 Å². The standard InChI is InChI=1S/C13H18N2O2/c1-10(16)11-5-4-8-15(9-11)13(17)12-6-2-3-7-14-12/h2-3,6-7,10-11,16H,4-5,8-9H2,1H3. The van der Waals surface area contributed by atoms with Crippen molar-refractivity contribution in [1.29, 1.82) is 0 Å². The van der Waals surface area contributed by atoms with Gasteiger partial charge in [0, 0.05) is 25.2 Å². The molecule has 0 saturated carbocycles. The van der Waals surface area contributed by atoms with Crippen molar-refractivity contribution in [1.82, 2.24) is 9.88 Å². The lowest BCUT2D eigenvalue weighted by molar-refractivity contribution is 0.0461. The SMILES string of the molecule is CC(O)C1CCCN(C(=O)c2ccccn2)C1. The fraction of sp³-hybridized carbons (Fsp3) is 0.538. The fourth-order valence-electron chi connectivity index (χ4n) is 2.24. The highest BCUT2D eigenvalue weighted by Crippen LogP contribution is 2.20. The van der Waals surface area contributed by atoms with Gasteiger partial charge in [0.15, 0.2) is 0 Å². The predicted molar refractivity (Wildman–Crippen MR) is 64.5 cm³/mol. The van der Waals surface area contributed by atoms with Gasteiger partial charge in [0.25, 0.3) is 5.91 Å². The van der Waals surface area contributed by atoms with Gasteiger partial charge < -0.3 is 10.0 Å². The quantitative estimate of drug-likeness (QED) is 0.839. The van der Waals surface area contributed by atoms with Crippen LogP contribution in [0.5, 0.6) is 0 Å². The summed E-state index contributed by atoms with van der Waals surface area (Å²) in [6.07, 6.45) is 3.22. The highest BCUT2D eigenvalue weighted by molar-refractivity contribution is 5.92. The Morgan fingerprint density at radius 2 is 2.41 bits per heavy atom. The van der Waals surface area contributed by atoms with Gasteiger partial charge in [0.05, 0.1) is 6.10 Å². The Bertz CT molecular complexity index is 378. The summed E-state index contributed by atoms with van der Waals surface area (Å²) in [5.41, 5.74) is 0.485. The van der Waals surface area contributed by atoms with E-state index in [0.29, 0.717) is 12.2 Å². The van der Waals surface area contributed by atoms with Gasteiger partial charge in [-0.3, -0.25) is 9.78 Å². The third-order valence-electron chi connectivity index (χ3n) is 3.31. The lowest BCUT2D eigenvalue weighted by atomic mass is 9.93. The maximum atomic E-state index is 12.1. The van der Waals surface area contributed by atoms with Crippen LogP contribution in [0.15, 0.2) is 24.4 Å². The lowest BCUT2D eigenvalue weighted by Gasteiger charge is -2.33. The second kappa shape index (κ2) is 5.27. The molecule has 1 N–H and O–H groups in total. The summed E-state index contributed by atoms with van der Waals surface area (Å²) in [7, 11) is 0. The number of aromatic nitrogens is 1. The van der Waals surface area contributed by atoms with Gasteiger partial charge in [-0.05, 0) is 31.9 Å². The molecule has 2 rings (SSSR count). The van der Waals surface area contributed by atoms with Crippen molar-refractivity contribution in [3.8, 4) is 0 Å². The number of carbonyl (C=O) groups excluding carboxylic acids is 1. The molecule has 2 atom stereocenters. The summed E-state index contributed by atoms with van der Waals surface area (Å²) in [4.78, 5) is 18.0. The molecule has 1 aliphatic heterocycles. The Morgan fingerprint density at radius 1 is 1.59 bits per heavy atom. The molecular formula is C13H18N2O2. The molecule has 2 heterocycles. The molecule has 1 saturated heterocycles. The normalized spacial score (nSPS) is 22.2. The van der Waals surface area contributed by atoms with E-state index in [1.54, 1.807) is 30.2 Å². The maximum absolute atomic E-state index is 12.1. The molecule has 1 fully saturated rings. The number of likely N-dealkylation sites (tertiary alicyclic amines) is 1. The van der Waals surface area contributed by atoms with E-state index in [9.17, 15) is 9.90 Å². The summed E-state index contributed by atoms with van der Waals surface area (Å²) in [6.45, 7) is 3.19. The van der Waals surface area contributed by atoms with Crippen molar-refractivity contribution in [3.05, 3.63) is 30.1 Å². The first-order chi connectivity index (χ1) is 8.18. The van der Waals surface area contributed by atoms with Crippen LogP contribution < -0.4 is 0 Å². The minimum absolute atomic E-state index is 0.0315. The second-order valence-corrected chi connectivity index (χ2v) is 4.61. The molecular weight excluding hydrogens is 216 g/mol. The van der Waals surface area contributed by atoms with Crippen molar-refractivity contribution in [2.75, 3.05) is 13.1 Å². The van der Waals surface area contributed by atoms with E-state index < -0.39 is 0 Å². The molecule has 0 aliphatic carbocycles. The molecule has 0 spiro atoms. The molecule has 1 aliphatic rings. The fourth-order valence-corrected chi connectivity index (χ4v) is 2.24. The zero-order chi connectivity index (χ0) is 12.3. The third-order valence-corrected chi connectivity index (χ3v) is 3.31. The molecule has 1 aromatic heterocycles. The van der Waals surface area contributed by atoms with Gasteiger partial charge in [0.2, 0.25) is 0 Å². The molecule has 4 heteroatoms. The van der Waals surface area contributed by atoms with Crippen LogP contribution in [0.2, 0.25) is 0 Å². The topological polar surface area (TPSA) is 53.4 Å². The minimum Gasteiger partial charge on any atom is -0.393 e. The van der Waals surface area contributed by atoms with Crippen LogP contribution in [-0.2, 0) is 0 Å². The van der Waals surface area contributed by atoms with Crippen molar-refractivity contribution in [3.63, 3.8) is 0 Å². The van der Waals surface area contributed by atoms with Gasteiger partial charge in [-0.1, -0.05) is 6.07 Å². The highest BCUT2D eigenvalue weighted by Gasteiger charge is 2.27. The lowest BCUT2D eigenvalue weighted by Crippen LogP contribution is -2.43. The van der Waals surface area contributed by atoms with Crippen LogP contribution in [0.3, 0.4) is 0 Å². The first-order valence-corrected chi connectivity index (χ1v) is 6.07. The number of aliphatic hydroxyl groups is 1. The van der Waals surface area contributed by atoms with Crippen LogP contribution in [0, 0.1) is 5.92 Å². The van der Waals surface area contributed by atoms with Crippen LogP contribution >= 0.6 is 0 Å². The number of aliphatic hydroxyl groups excluding tert-OH is 1. The van der Waals surface area contributed by atoms with E-state index in [4.69, 9.17) is 0 Å². The molecule has 2 unspecified atom stereocenters. The predicted octanol–water partition coefficient (Wildman–Crippen LogP) is 1.31. The van der Waals surface area contributed by atoms with Gasteiger partial charge >= 0.3 is 0 Å². The van der Waals surface area contributed by atoms with Crippen molar-refractivity contribution in [2.45, 2.75) is 25.9 Å². The number of nitrogens with zero attached hydrogens (tertiary/aromatic N) is 2. The molecule has 17 heavy (non-hydrogen) atoms. The summed E-state index contributed by atoms with van der Waals surface area (Å²) >= 11 is 0. The molecule has 0 aromatic carbocycles. The second-order valence-electron chi connectivity index (χ2n) is 4.61. The largest absolute Gasteiger partial charge is 0.393 e. The zero-order valence-electron chi connectivity index (χ0n) is 10.0. The number of hydrogen-bond acceptors (Lipinski definition) is 3. The molecule has 4 nitrogen and oxygen atoms in total. The van der Waals surface area contributed by atoms with E-state index in [0.717, 1.165) is 19.4 Å². The first kappa shape index (κ1) is 12.0. The van der Waals surface area contributed by atoms with Gasteiger partial charge in [-0.25, -0.2) is 0 Å². The third kappa shape index (κ3) is 2.82. The zero-order valence-corrected chi connectivity index (χ0v) is 10.0. The van der Waals surface area contributed by atoms with Crippen molar-refractivity contribution < 1.29 is 9.90 Å². The average molecular weight is 234 g/mol. The van der Waals surface area contributed by atoms with Crippen molar-refractivity contribution in [2.24, 2.45) is 5.92 Å². The van der Waals surface area contributed by atoms with Crippen LogP contribution in [0.25, 0.3) is 0 Å². The Morgan fingerprint density at radius 3 is 3.06 bits per heavy atom. The Hall–Kier alpha value is -1.42.